The molecule has 1 aromatic rings. The summed E-state index contributed by atoms with van der Waals surface area (Å²) in [5.74, 6) is 0.692. The van der Waals surface area contributed by atoms with Gasteiger partial charge in [0.2, 0.25) is 0 Å². The minimum absolute atomic E-state index is 0.238. The van der Waals surface area contributed by atoms with Crippen LogP contribution in [0, 0.1) is 12.8 Å². The van der Waals surface area contributed by atoms with Crippen molar-refractivity contribution in [3.05, 3.63) is 21.9 Å². The van der Waals surface area contributed by atoms with E-state index in [1.165, 1.54) is 42.7 Å². The summed E-state index contributed by atoms with van der Waals surface area (Å²) in [6.07, 6.45) is 6.52. The zero-order valence-corrected chi connectivity index (χ0v) is 15.0. The molecule has 2 unspecified atom stereocenters. The van der Waals surface area contributed by atoms with Crippen molar-refractivity contribution >= 4 is 11.3 Å². The van der Waals surface area contributed by atoms with Crippen LogP contribution in [0.15, 0.2) is 11.4 Å². The first-order valence-corrected chi connectivity index (χ1v) is 9.47. The molecule has 21 heavy (non-hydrogen) atoms. The van der Waals surface area contributed by atoms with Gasteiger partial charge in [-0.3, -0.25) is 4.90 Å². The largest absolute Gasteiger partial charge is 0.326 e. The minimum Gasteiger partial charge on any atom is -0.326 e. The summed E-state index contributed by atoms with van der Waals surface area (Å²) >= 11 is 1.89. The van der Waals surface area contributed by atoms with Crippen LogP contribution in [0.1, 0.15) is 69.4 Å². The number of aryl methyl sites for hydroxylation is 1. The molecule has 0 spiro atoms. The van der Waals surface area contributed by atoms with Crippen molar-refractivity contribution < 1.29 is 0 Å². The fraction of sp³-hybridized carbons (Fsp3) is 0.778. The van der Waals surface area contributed by atoms with Crippen LogP contribution in [0.4, 0.5) is 0 Å². The van der Waals surface area contributed by atoms with Crippen molar-refractivity contribution in [2.75, 3.05) is 6.54 Å². The third-order valence-electron chi connectivity index (χ3n) is 4.77. The monoisotopic (exact) mass is 308 g/mol. The number of nitrogens with two attached hydrogens (primary N) is 1. The minimum atomic E-state index is 0.238. The summed E-state index contributed by atoms with van der Waals surface area (Å²) in [6.45, 7) is 10.3. The molecule has 0 aliphatic heterocycles. The van der Waals surface area contributed by atoms with Crippen molar-refractivity contribution in [2.24, 2.45) is 11.7 Å². The van der Waals surface area contributed by atoms with E-state index in [1.54, 1.807) is 0 Å². The van der Waals surface area contributed by atoms with Gasteiger partial charge >= 0.3 is 0 Å². The van der Waals surface area contributed by atoms with Crippen molar-refractivity contribution in [3.8, 4) is 0 Å². The van der Waals surface area contributed by atoms with Crippen molar-refractivity contribution in [3.63, 3.8) is 0 Å². The van der Waals surface area contributed by atoms with Gasteiger partial charge in [0.05, 0.1) is 6.04 Å². The molecule has 3 heteroatoms. The van der Waals surface area contributed by atoms with Crippen LogP contribution in [-0.4, -0.2) is 23.5 Å². The number of hydrogen-bond acceptors (Lipinski definition) is 3. The van der Waals surface area contributed by atoms with E-state index in [9.17, 15) is 0 Å². The Morgan fingerprint density at radius 1 is 1.33 bits per heavy atom. The molecule has 0 amide bonds. The molecule has 1 saturated carbocycles. The molecule has 1 fully saturated rings. The van der Waals surface area contributed by atoms with Crippen molar-refractivity contribution in [1.82, 2.24) is 4.90 Å². The molecule has 2 atom stereocenters. The Morgan fingerprint density at radius 2 is 2.00 bits per heavy atom. The molecule has 0 aromatic carbocycles. The molecule has 1 aliphatic carbocycles. The Kier molecular flexibility index (Phi) is 6.27. The molecular formula is C18H32N2S. The highest BCUT2D eigenvalue weighted by Crippen LogP contribution is 2.37. The number of thiophene rings is 1. The van der Waals surface area contributed by atoms with E-state index in [1.807, 2.05) is 11.3 Å². The zero-order valence-electron chi connectivity index (χ0n) is 14.1. The molecule has 0 bridgehead atoms. The average Bonchev–Trinajstić information content (AvgIpc) is 3.09. The topological polar surface area (TPSA) is 29.3 Å². The van der Waals surface area contributed by atoms with Crippen LogP contribution in [0.25, 0.3) is 0 Å². The van der Waals surface area contributed by atoms with Crippen LogP contribution < -0.4 is 5.73 Å². The van der Waals surface area contributed by atoms with E-state index in [-0.39, 0.29) is 6.04 Å². The maximum atomic E-state index is 6.59. The van der Waals surface area contributed by atoms with E-state index >= 15 is 0 Å². The second kappa shape index (κ2) is 7.75. The lowest BCUT2D eigenvalue weighted by Crippen LogP contribution is -2.46. The van der Waals surface area contributed by atoms with Gasteiger partial charge in [-0.2, -0.15) is 0 Å². The summed E-state index contributed by atoms with van der Waals surface area (Å²) in [7, 11) is 0. The average molecular weight is 309 g/mol. The Labute approximate surface area is 134 Å². The smallest absolute Gasteiger partial charge is 0.0598 e. The van der Waals surface area contributed by atoms with E-state index in [0.717, 1.165) is 12.5 Å². The van der Waals surface area contributed by atoms with Gasteiger partial charge in [-0.1, -0.05) is 33.6 Å². The molecule has 120 valence electrons. The maximum absolute atomic E-state index is 6.59. The van der Waals surface area contributed by atoms with Crippen LogP contribution in [-0.2, 0) is 0 Å². The highest BCUT2D eigenvalue weighted by molar-refractivity contribution is 7.10. The first-order valence-electron chi connectivity index (χ1n) is 8.59. The zero-order chi connectivity index (χ0) is 15.4. The molecule has 0 saturated heterocycles. The highest BCUT2D eigenvalue weighted by atomic mass is 32.1. The Bertz CT molecular complexity index is 421. The Morgan fingerprint density at radius 3 is 2.48 bits per heavy atom. The first-order chi connectivity index (χ1) is 10.0. The summed E-state index contributed by atoms with van der Waals surface area (Å²) in [4.78, 5) is 4.25. The predicted octanol–water partition coefficient (Wildman–Crippen LogP) is 4.74. The lowest BCUT2D eigenvalue weighted by molar-refractivity contribution is 0.101. The van der Waals surface area contributed by atoms with Crippen molar-refractivity contribution in [1.29, 1.82) is 0 Å². The Balaban J connectivity index is 2.31. The van der Waals surface area contributed by atoms with Crippen LogP contribution >= 0.6 is 11.3 Å². The summed E-state index contributed by atoms with van der Waals surface area (Å²) in [5, 5.41) is 2.22. The lowest BCUT2D eigenvalue weighted by Gasteiger charge is -2.40. The molecule has 2 N–H and O–H groups in total. The number of nitrogens with zero attached hydrogens (tertiary/aromatic N) is 1. The third kappa shape index (κ3) is 4.08. The predicted molar refractivity (Wildman–Crippen MR) is 93.9 cm³/mol. The standard InChI is InChI=1S/C18H32N2S/c1-5-16(19)17(18-14(4)10-11-21-18)20(12-13(2)3)15-8-6-7-9-15/h10-11,13,15-17H,5-9,12,19H2,1-4H3. The normalized spacial score (nSPS) is 19.6. The summed E-state index contributed by atoms with van der Waals surface area (Å²) in [5.41, 5.74) is 8.00. The fourth-order valence-electron chi connectivity index (χ4n) is 3.65. The van der Waals surface area contributed by atoms with Gasteiger partial charge < -0.3 is 5.73 Å². The SMILES string of the molecule is CCC(N)C(c1sccc1C)N(CC(C)C)C1CCCC1. The molecule has 1 heterocycles. The van der Waals surface area contributed by atoms with Gasteiger partial charge in [-0.25, -0.2) is 0 Å². The van der Waals surface area contributed by atoms with Crippen LogP contribution in [0.5, 0.6) is 0 Å². The Hall–Kier alpha value is -0.380. The second-order valence-electron chi connectivity index (χ2n) is 7.01. The van der Waals surface area contributed by atoms with Crippen molar-refractivity contribution in [2.45, 2.75) is 77.9 Å². The summed E-state index contributed by atoms with van der Waals surface area (Å²) < 4.78 is 0. The van der Waals surface area contributed by atoms with E-state index in [0.29, 0.717) is 12.0 Å². The van der Waals surface area contributed by atoms with Gasteiger partial charge in [0, 0.05) is 23.5 Å². The van der Waals surface area contributed by atoms with E-state index in [4.69, 9.17) is 5.73 Å². The quantitative estimate of drug-likeness (QED) is 0.788. The molecule has 0 radical (unpaired) electrons. The van der Waals surface area contributed by atoms with E-state index in [2.05, 4.69) is 44.0 Å². The van der Waals surface area contributed by atoms with Gasteiger partial charge in [0.1, 0.15) is 0 Å². The van der Waals surface area contributed by atoms with Crippen LogP contribution in [0.3, 0.4) is 0 Å². The number of rotatable bonds is 7. The van der Waals surface area contributed by atoms with E-state index < -0.39 is 0 Å². The van der Waals surface area contributed by atoms with Gasteiger partial charge in [0.15, 0.2) is 0 Å². The first kappa shape index (κ1) is 17.0. The second-order valence-corrected chi connectivity index (χ2v) is 7.96. The third-order valence-corrected chi connectivity index (χ3v) is 5.86. The summed E-state index contributed by atoms with van der Waals surface area (Å²) in [6, 6.07) is 3.62. The van der Waals surface area contributed by atoms with Crippen LogP contribution in [0.2, 0.25) is 0 Å². The number of hydrogen-bond donors (Lipinski definition) is 1. The van der Waals surface area contributed by atoms with Gasteiger partial charge in [-0.05, 0) is 49.1 Å². The molecule has 2 rings (SSSR count). The van der Waals surface area contributed by atoms with Gasteiger partial charge in [0.25, 0.3) is 0 Å². The maximum Gasteiger partial charge on any atom is 0.0598 e. The molecule has 1 aliphatic rings. The molecule has 2 nitrogen and oxygen atoms in total. The fourth-order valence-corrected chi connectivity index (χ4v) is 4.77. The molecule has 1 aromatic heterocycles. The lowest BCUT2D eigenvalue weighted by atomic mass is 9.96. The van der Waals surface area contributed by atoms with Gasteiger partial charge in [-0.15, -0.1) is 11.3 Å². The molecular weight excluding hydrogens is 276 g/mol. The highest BCUT2D eigenvalue weighted by Gasteiger charge is 2.34.